The number of hydrogen-bond acceptors (Lipinski definition) is 3. The van der Waals surface area contributed by atoms with Crippen molar-refractivity contribution >= 4 is 11.6 Å². The van der Waals surface area contributed by atoms with Gasteiger partial charge in [-0.05, 0) is 44.4 Å². The molecule has 1 saturated heterocycles. The summed E-state index contributed by atoms with van der Waals surface area (Å²) in [5.41, 5.74) is -0.812. The minimum atomic E-state index is -4.55. The van der Waals surface area contributed by atoms with Gasteiger partial charge in [0.05, 0.1) is 23.1 Å². The van der Waals surface area contributed by atoms with E-state index in [9.17, 15) is 18.0 Å². The van der Waals surface area contributed by atoms with E-state index >= 15 is 0 Å². The molecule has 7 heteroatoms. The molecule has 142 valence electrons. The number of hydrogen-bond donors (Lipinski definition) is 1. The van der Waals surface area contributed by atoms with E-state index in [1.165, 1.54) is 12.1 Å². The molecule has 2 atom stereocenters. The van der Waals surface area contributed by atoms with Gasteiger partial charge in [-0.3, -0.25) is 4.79 Å². The second-order valence-corrected chi connectivity index (χ2v) is 6.82. The van der Waals surface area contributed by atoms with Crippen LogP contribution < -0.4 is 10.2 Å². The third-order valence-electron chi connectivity index (χ3n) is 4.67. The number of rotatable bonds is 5. The molecule has 0 saturated carbocycles. The summed E-state index contributed by atoms with van der Waals surface area (Å²) < 4.78 is 40.3. The molecule has 4 nitrogen and oxygen atoms in total. The van der Waals surface area contributed by atoms with Crippen LogP contribution in [0.1, 0.15) is 50.7 Å². The highest BCUT2D eigenvalue weighted by Crippen LogP contribution is 2.38. The number of amides is 1. The Balaban J connectivity index is 2.19. The molecule has 1 amide bonds. The van der Waals surface area contributed by atoms with Crippen LogP contribution in [0.5, 0.6) is 0 Å². The van der Waals surface area contributed by atoms with Crippen LogP contribution in [0.3, 0.4) is 0 Å². The molecule has 2 unspecified atom stereocenters. The molecule has 1 N–H and O–H groups in total. The number of alkyl halides is 3. The number of anilines is 1. The van der Waals surface area contributed by atoms with Gasteiger partial charge in [0.25, 0.3) is 0 Å². The zero-order valence-corrected chi connectivity index (χ0v) is 15.1. The fraction of sp³-hybridized carbons (Fsp3) is 0.579. The highest BCUT2D eigenvalue weighted by molar-refractivity contribution is 5.80. The van der Waals surface area contributed by atoms with Crippen LogP contribution in [0.15, 0.2) is 18.2 Å². The van der Waals surface area contributed by atoms with E-state index < -0.39 is 11.7 Å². The molecular weight excluding hydrogens is 343 g/mol. The van der Waals surface area contributed by atoms with E-state index in [1.807, 2.05) is 13.8 Å². The van der Waals surface area contributed by atoms with Crippen molar-refractivity contribution in [2.45, 2.75) is 51.7 Å². The maximum Gasteiger partial charge on any atom is 0.418 e. The van der Waals surface area contributed by atoms with Gasteiger partial charge >= 0.3 is 6.18 Å². The third kappa shape index (κ3) is 4.90. The largest absolute Gasteiger partial charge is 0.418 e. The number of nitriles is 1. The Morgan fingerprint density at radius 1 is 1.46 bits per heavy atom. The second kappa shape index (κ2) is 8.43. The van der Waals surface area contributed by atoms with Gasteiger partial charge in [-0.25, -0.2) is 0 Å². The lowest BCUT2D eigenvalue weighted by atomic mass is 9.95. The zero-order valence-electron chi connectivity index (χ0n) is 15.1. The van der Waals surface area contributed by atoms with Crippen LogP contribution in [0, 0.1) is 17.2 Å². The van der Waals surface area contributed by atoms with Gasteiger partial charge in [0, 0.05) is 24.8 Å². The van der Waals surface area contributed by atoms with Crippen LogP contribution in [0.25, 0.3) is 0 Å². The minimum absolute atomic E-state index is 0.0271. The summed E-state index contributed by atoms with van der Waals surface area (Å²) in [4.78, 5) is 14.1. The fourth-order valence-electron chi connectivity index (χ4n) is 3.38. The molecule has 0 aromatic heterocycles. The third-order valence-corrected chi connectivity index (χ3v) is 4.67. The Morgan fingerprint density at radius 3 is 2.81 bits per heavy atom. The van der Waals surface area contributed by atoms with E-state index in [0.717, 1.165) is 18.9 Å². The second-order valence-electron chi connectivity index (χ2n) is 6.82. The number of nitrogens with one attached hydrogen (secondary N) is 1. The first-order valence-corrected chi connectivity index (χ1v) is 8.93. The molecule has 0 bridgehead atoms. The Labute approximate surface area is 152 Å². The zero-order chi connectivity index (χ0) is 19.3. The van der Waals surface area contributed by atoms with Crippen molar-refractivity contribution in [1.82, 2.24) is 5.32 Å². The topological polar surface area (TPSA) is 56.1 Å². The Bertz CT molecular complexity index is 682. The number of nitrogens with zero attached hydrogens (tertiary/aromatic N) is 2. The van der Waals surface area contributed by atoms with Gasteiger partial charge in [0.15, 0.2) is 0 Å². The quantitative estimate of drug-likeness (QED) is 0.852. The summed E-state index contributed by atoms with van der Waals surface area (Å²) >= 11 is 0. The van der Waals surface area contributed by atoms with E-state index in [4.69, 9.17) is 5.26 Å². The van der Waals surface area contributed by atoms with Crippen LogP contribution in [-0.4, -0.2) is 25.0 Å². The molecule has 26 heavy (non-hydrogen) atoms. The maximum absolute atomic E-state index is 13.4. The number of halogens is 3. The maximum atomic E-state index is 13.4. The van der Waals surface area contributed by atoms with E-state index in [0.29, 0.717) is 19.4 Å². The van der Waals surface area contributed by atoms with Gasteiger partial charge in [-0.15, -0.1) is 0 Å². The van der Waals surface area contributed by atoms with E-state index in [1.54, 1.807) is 11.0 Å². The van der Waals surface area contributed by atoms with Crippen molar-refractivity contribution in [3.8, 4) is 6.07 Å². The Hall–Kier alpha value is -2.23. The molecule has 0 aliphatic carbocycles. The minimum Gasteiger partial charge on any atom is -0.370 e. The summed E-state index contributed by atoms with van der Waals surface area (Å²) in [6.07, 6.45) is -1.40. The van der Waals surface area contributed by atoms with Crippen molar-refractivity contribution < 1.29 is 18.0 Å². The van der Waals surface area contributed by atoms with Crippen molar-refractivity contribution in [2.24, 2.45) is 5.92 Å². The van der Waals surface area contributed by atoms with Gasteiger partial charge in [-0.2, -0.15) is 18.4 Å². The molecular formula is C19H24F3N3O. The van der Waals surface area contributed by atoms with Crippen LogP contribution >= 0.6 is 0 Å². The predicted molar refractivity (Wildman–Crippen MR) is 93.6 cm³/mol. The predicted octanol–water partition coefficient (Wildman–Crippen LogP) is 4.10. The smallest absolute Gasteiger partial charge is 0.370 e. The lowest BCUT2D eigenvalue weighted by Crippen LogP contribution is -2.45. The Kier molecular flexibility index (Phi) is 6.52. The number of benzene rings is 1. The summed E-state index contributed by atoms with van der Waals surface area (Å²) in [6.45, 7) is 4.68. The van der Waals surface area contributed by atoms with Crippen LogP contribution in [0.4, 0.5) is 18.9 Å². The average Bonchev–Trinajstić information content (AvgIpc) is 2.60. The van der Waals surface area contributed by atoms with E-state index in [2.05, 4.69) is 5.32 Å². The molecule has 1 aliphatic heterocycles. The first-order chi connectivity index (χ1) is 12.3. The number of carbonyl (C=O) groups excluding carboxylic acids is 1. The molecule has 2 rings (SSSR count). The van der Waals surface area contributed by atoms with Gasteiger partial charge in [0.2, 0.25) is 5.91 Å². The fourth-order valence-corrected chi connectivity index (χ4v) is 3.38. The van der Waals surface area contributed by atoms with Gasteiger partial charge in [-0.1, -0.05) is 13.3 Å². The number of piperidine rings is 1. The number of carbonyl (C=O) groups is 1. The first kappa shape index (κ1) is 20.1. The van der Waals surface area contributed by atoms with Gasteiger partial charge in [0.1, 0.15) is 0 Å². The summed E-state index contributed by atoms with van der Waals surface area (Å²) in [7, 11) is 0. The monoisotopic (exact) mass is 367 g/mol. The molecule has 0 spiro atoms. The van der Waals surface area contributed by atoms with Crippen LogP contribution in [-0.2, 0) is 11.0 Å². The highest BCUT2D eigenvalue weighted by atomic mass is 19.4. The van der Waals surface area contributed by atoms with Gasteiger partial charge < -0.3 is 10.2 Å². The molecule has 1 fully saturated rings. The first-order valence-electron chi connectivity index (χ1n) is 8.93. The van der Waals surface area contributed by atoms with Crippen LogP contribution in [0.2, 0.25) is 0 Å². The van der Waals surface area contributed by atoms with Crippen molar-refractivity contribution in [2.75, 3.05) is 18.0 Å². The highest BCUT2D eigenvalue weighted by Gasteiger charge is 2.37. The molecule has 1 aromatic rings. The van der Waals surface area contributed by atoms with Crippen molar-refractivity contribution in [3.63, 3.8) is 0 Å². The summed E-state index contributed by atoms with van der Waals surface area (Å²) in [5, 5.41) is 11.8. The molecule has 1 aliphatic rings. The lowest BCUT2D eigenvalue weighted by molar-refractivity contribution is -0.137. The van der Waals surface area contributed by atoms with E-state index in [-0.39, 0.29) is 35.7 Å². The summed E-state index contributed by atoms with van der Waals surface area (Å²) in [6, 6.07) is 5.40. The Morgan fingerprint density at radius 2 is 2.19 bits per heavy atom. The standard InChI is InChI=1S/C19H24F3N3O/c1-3-5-13(2)24-18(26)15-6-4-9-25(12-15)17-8-7-14(11-23)10-16(17)19(20,21)22/h7-8,10,13,15H,3-6,9,12H2,1-2H3,(H,24,26). The molecule has 0 radical (unpaired) electrons. The normalized spacial score (nSPS) is 18.9. The van der Waals surface area contributed by atoms with Crippen molar-refractivity contribution in [3.05, 3.63) is 29.3 Å². The SMILES string of the molecule is CCCC(C)NC(=O)C1CCCN(c2ccc(C#N)cc2C(F)(F)F)C1. The average molecular weight is 367 g/mol. The van der Waals surface area contributed by atoms with Crippen molar-refractivity contribution in [1.29, 1.82) is 5.26 Å². The molecule has 1 heterocycles. The molecule has 1 aromatic carbocycles. The lowest BCUT2D eigenvalue weighted by Gasteiger charge is -2.35. The summed E-state index contributed by atoms with van der Waals surface area (Å²) in [5.74, 6) is -0.433.